The lowest BCUT2D eigenvalue weighted by atomic mass is 10.1. The summed E-state index contributed by atoms with van der Waals surface area (Å²) in [5.74, 6) is -1.12. The summed E-state index contributed by atoms with van der Waals surface area (Å²) in [7, 11) is 0. The van der Waals surface area contributed by atoms with E-state index >= 15 is 0 Å². The van der Waals surface area contributed by atoms with Crippen LogP contribution in [0.1, 0.15) is 35.3 Å². The molecule has 0 bridgehead atoms. The number of hydrogen-bond donors (Lipinski definition) is 0. The maximum absolute atomic E-state index is 12.1. The van der Waals surface area contributed by atoms with Gasteiger partial charge in [-0.2, -0.15) is 0 Å². The SMILES string of the molecule is Cc1ccc(C(=O)OCCN2C(=O)c3ccccc3C2=O)s1. The Balaban J connectivity index is 1.60. The molecule has 0 N–H and O–H groups in total. The van der Waals surface area contributed by atoms with Gasteiger partial charge in [-0.15, -0.1) is 11.3 Å². The third kappa shape index (κ3) is 2.53. The molecule has 0 spiro atoms. The standard InChI is InChI=1S/C16H13NO4S/c1-10-6-7-13(22-10)16(20)21-9-8-17-14(18)11-4-2-3-5-12(11)15(17)19/h2-7H,8-9H2,1H3. The fraction of sp³-hybridized carbons (Fsp3) is 0.188. The van der Waals surface area contributed by atoms with Gasteiger partial charge in [-0.1, -0.05) is 12.1 Å². The number of fused-ring (bicyclic) bond motifs is 1. The van der Waals surface area contributed by atoms with E-state index in [0.717, 1.165) is 9.78 Å². The van der Waals surface area contributed by atoms with Crippen molar-refractivity contribution in [1.29, 1.82) is 0 Å². The van der Waals surface area contributed by atoms with Gasteiger partial charge in [0.25, 0.3) is 11.8 Å². The van der Waals surface area contributed by atoms with Crippen molar-refractivity contribution in [3.63, 3.8) is 0 Å². The average molecular weight is 315 g/mol. The molecule has 0 atom stereocenters. The molecule has 1 aliphatic rings. The third-order valence-corrected chi connectivity index (χ3v) is 4.35. The Bertz CT molecular complexity index is 730. The first-order valence-corrected chi connectivity index (χ1v) is 7.58. The molecular formula is C16H13NO4S. The van der Waals surface area contributed by atoms with Gasteiger partial charge in [-0.25, -0.2) is 4.79 Å². The normalized spacial score (nSPS) is 13.4. The first kappa shape index (κ1) is 14.5. The van der Waals surface area contributed by atoms with Gasteiger partial charge in [-0.05, 0) is 31.2 Å². The van der Waals surface area contributed by atoms with Crippen molar-refractivity contribution < 1.29 is 19.1 Å². The number of amides is 2. The number of ether oxygens (including phenoxy) is 1. The minimum atomic E-state index is -0.435. The van der Waals surface area contributed by atoms with E-state index in [1.165, 1.54) is 11.3 Å². The summed E-state index contributed by atoms with van der Waals surface area (Å²) in [6, 6.07) is 10.2. The molecule has 0 radical (unpaired) electrons. The van der Waals surface area contributed by atoms with Gasteiger partial charge in [0.1, 0.15) is 11.5 Å². The summed E-state index contributed by atoms with van der Waals surface area (Å²) in [4.78, 5) is 38.7. The lowest BCUT2D eigenvalue weighted by Gasteiger charge is -2.13. The summed E-state index contributed by atoms with van der Waals surface area (Å²) in [6.07, 6.45) is 0. The van der Waals surface area contributed by atoms with Gasteiger partial charge in [-0.3, -0.25) is 14.5 Å². The zero-order valence-corrected chi connectivity index (χ0v) is 12.7. The summed E-state index contributed by atoms with van der Waals surface area (Å²) in [6.45, 7) is 1.95. The van der Waals surface area contributed by atoms with E-state index in [9.17, 15) is 14.4 Å². The number of benzene rings is 1. The summed E-state index contributed by atoms with van der Waals surface area (Å²) < 4.78 is 5.12. The maximum atomic E-state index is 12.1. The Kier molecular flexibility index (Phi) is 3.77. The van der Waals surface area contributed by atoms with Gasteiger partial charge in [0, 0.05) is 4.88 Å². The van der Waals surface area contributed by atoms with Crippen LogP contribution in [-0.2, 0) is 4.74 Å². The van der Waals surface area contributed by atoms with Crippen LogP contribution in [0.3, 0.4) is 0 Å². The number of esters is 1. The number of aryl methyl sites for hydroxylation is 1. The smallest absolute Gasteiger partial charge is 0.348 e. The molecule has 0 unspecified atom stereocenters. The van der Waals surface area contributed by atoms with E-state index in [0.29, 0.717) is 16.0 Å². The Morgan fingerprint density at radius 3 is 2.27 bits per heavy atom. The molecule has 1 aliphatic heterocycles. The molecule has 0 saturated heterocycles. The predicted molar refractivity (Wildman–Crippen MR) is 81.1 cm³/mol. The van der Waals surface area contributed by atoms with Crippen LogP contribution in [0.4, 0.5) is 0 Å². The molecule has 0 fully saturated rings. The first-order valence-electron chi connectivity index (χ1n) is 6.76. The Hall–Kier alpha value is -2.47. The van der Waals surface area contributed by atoms with Crippen molar-refractivity contribution in [2.24, 2.45) is 0 Å². The van der Waals surface area contributed by atoms with Crippen molar-refractivity contribution in [2.45, 2.75) is 6.92 Å². The molecule has 1 aromatic heterocycles. The van der Waals surface area contributed by atoms with E-state index in [1.807, 2.05) is 13.0 Å². The van der Waals surface area contributed by atoms with Crippen LogP contribution in [0.15, 0.2) is 36.4 Å². The minimum absolute atomic E-state index is 0.0126. The second-order valence-electron chi connectivity index (χ2n) is 4.85. The highest BCUT2D eigenvalue weighted by Gasteiger charge is 2.34. The molecule has 1 aromatic carbocycles. The quantitative estimate of drug-likeness (QED) is 0.642. The molecule has 2 heterocycles. The Labute approximate surface area is 131 Å². The van der Waals surface area contributed by atoms with Gasteiger partial charge in [0.2, 0.25) is 0 Å². The van der Waals surface area contributed by atoms with Crippen LogP contribution >= 0.6 is 11.3 Å². The highest BCUT2D eigenvalue weighted by Crippen LogP contribution is 2.22. The topological polar surface area (TPSA) is 63.7 Å². The molecule has 2 aromatic rings. The number of thiophene rings is 1. The summed E-state index contributed by atoms with van der Waals surface area (Å²) in [5, 5.41) is 0. The second-order valence-corrected chi connectivity index (χ2v) is 6.14. The molecule has 22 heavy (non-hydrogen) atoms. The molecule has 0 aliphatic carbocycles. The fourth-order valence-corrected chi connectivity index (χ4v) is 3.05. The summed E-state index contributed by atoms with van der Waals surface area (Å²) in [5.41, 5.74) is 0.792. The molecular weight excluding hydrogens is 302 g/mol. The minimum Gasteiger partial charge on any atom is -0.460 e. The largest absolute Gasteiger partial charge is 0.460 e. The average Bonchev–Trinajstić information content (AvgIpc) is 3.05. The lowest BCUT2D eigenvalue weighted by molar-refractivity contribution is 0.0424. The van der Waals surface area contributed by atoms with Gasteiger partial charge >= 0.3 is 5.97 Å². The van der Waals surface area contributed by atoms with Crippen LogP contribution in [-0.4, -0.2) is 35.8 Å². The van der Waals surface area contributed by atoms with E-state index in [4.69, 9.17) is 4.74 Å². The monoisotopic (exact) mass is 315 g/mol. The molecule has 3 rings (SSSR count). The van der Waals surface area contributed by atoms with E-state index < -0.39 is 5.97 Å². The van der Waals surface area contributed by atoms with E-state index in [2.05, 4.69) is 0 Å². The predicted octanol–water partition coefficient (Wildman–Crippen LogP) is 2.51. The van der Waals surface area contributed by atoms with Gasteiger partial charge in [0.15, 0.2) is 0 Å². The van der Waals surface area contributed by atoms with Crippen molar-refractivity contribution in [3.05, 3.63) is 57.3 Å². The van der Waals surface area contributed by atoms with Crippen LogP contribution in [0.5, 0.6) is 0 Å². The third-order valence-electron chi connectivity index (χ3n) is 3.37. The van der Waals surface area contributed by atoms with Crippen molar-refractivity contribution >= 4 is 29.1 Å². The van der Waals surface area contributed by atoms with Crippen molar-refractivity contribution in [1.82, 2.24) is 4.90 Å². The molecule has 0 saturated carbocycles. The highest BCUT2D eigenvalue weighted by molar-refractivity contribution is 7.13. The zero-order valence-electron chi connectivity index (χ0n) is 11.9. The lowest BCUT2D eigenvalue weighted by Crippen LogP contribution is -2.33. The molecule has 2 amide bonds. The van der Waals surface area contributed by atoms with Gasteiger partial charge in [0.05, 0.1) is 17.7 Å². The number of hydrogen-bond acceptors (Lipinski definition) is 5. The Morgan fingerprint density at radius 2 is 1.73 bits per heavy atom. The van der Waals surface area contributed by atoms with E-state index in [-0.39, 0.29) is 25.0 Å². The van der Waals surface area contributed by atoms with Crippen LogP contribution in [0, 0.1) is 6.92 Å². The zero-order chi connectivity index (χ0) is 15.7. The van der Waals surface area contributed by atoms with Crippen LogP contribution in [0.25, 0.3) is 0 Å². The fourth-order valence-electron chi connectivity index (χ4n) is 2.29. The number of imide groups is 1. The highest BCUT2D eigenvalue weighted by atomic mass is 32.1. The van der Waals surface area contributed by atoms with Crippen LogP contribution in [0.2, 0.25) is 0 Å². The Morgan fingerprint density at radius 1 is 1.09 bits per heavy atom. The van der Waals surface area contributed by atoms with Crippen LogP contribution < -0.4 is 0 Å². The number of rotatable bonds is 4. The van der Waals surface area contributed by atoms with Crippen molar-refractivity contribution in [3.8, 4) is 0 Å². The second kappa shape index (κ2) is 5.73. The van der Waals surface area contributed by atoms with Gasteiger partial charge < -0.3 is 4.74 Å². The number of carbonyl (C=O) groups excluding carboxylic acids is 3. The molecule has 112 valence electrons. The number of nitrogens with zero attached hydrogens (tertiary/aromatic N) is 1. The van der Waals surface area contributed by atoms with E-state index in [1.54, 1.807) is 30.3 Å². The van der Waals surface area contributed by atoms with Crippen molar-refractivity contribution in [2.75, 3.05) is 13.2 Å². The first-order chi connectivity index (χ1) is 10.6. The number of carbonyl (C=O) groups is 3. The summed E-state index contributed by atoms with van der Waals surface area (Å²) >= 11 is 1.35. The molecule has 5 nitrogen and oxygen atoms in total. The maximum Gasteiger partial charge on any atom is 0.348 e. The molecule has 6 heteroatoms.